The third kappa shape index (κ3) is 0.919. The molecule has 0 bridgehead atoms. The molecule has 62 valence electrons. The molecule has 0 aromatic carbocycles. The number of pyridine rings is 1. The first kappa shape index (κ1) is 7.08. The Hall–Kier alpha value is -1.59. The third-order valence-electron chi connectivity index (χ3n) is 1.35. The van der Waals surface area contributed by atoms with Crippen molar-refractivity contribution in [2.45, 2.75) is 0 Å². The second kappa shape index (κ2) is 2.20. The number of nitrogens with zero attached hydrogens (tertiary/aromatic N) is 2. The fourth-order valence-electron chi connectivity index (χ4n) is 0.867. The highest BCUT2D eigenvalue weighted by atomic mass is 19.2. The number of fused-ring (bicyclic) bond motifs is 1. The highest BCUT2D eigenvalue weighted by molar-refractivity contribution is 5.69. The van der Waals surface area contributed by atoms with Gasteiger partial charge in [0.05, 0.1) is 5.52 Å². The van der Waals surface area contributed by atoms with E-state index in [1.54, 1.807) is 0 Å². The standard InChI is InChI=1S/C6H2F3N3/c7-2-1-3-5(11-4(2)8)12-6(9)10-3/h1H,(H,10,11,12). The summed E-state index contributed by atoms with van der Waals surface area (Å²) in [5, 5.41) is 0. The Morgan fingerprint density at radius 1 is 1.17 bits per heavy atom. The maximum atomic E-state index is 12.5. The van der Waals surface area contributed by atoms with Crippen LogP contribution in [-0.2, 0) is 0 Å². The van der Waals surface area contributed by atoms with Crippen LogP contribution in [0.4, 0.5) is 13.2 Å². The van der Waals surface area contributed by atoms with E-state index in [2.05, 4.69) is 15.0 Å². The van der Waals surface area contributed by atoms with Crippen LogP contribution in [0.3, 0.4) is 0 Å². The number of H-pyrrole nitrogens is 1. The van der Waals surface area contributed by atoms with Gasteiger partial charge in [-0.05, 0) is 0 Å². The summed E-state index contributed by atoms with van der Waals surface area (Å²) >= 11 is 0. The summed E-state index contributed by atoms with van der Waals surface area (Å²) in [6.07, 6.45) is -0.914. The van der Waals surface area contributed by atoms with Gasteiger partial charge in [0.1, 0.15) is 0 Å². The molecule has 3 nitrogen and oxygen atoms in total. The molecule has 2 heterocycles. The normalized spacial score (nSPS) is 10.9. The quantitative estimate of drug-likeness (QED) is 0.611. The smallest absolute Gasteiger partial charge is 0.289 e. The molecule has 0 aliphatic rings. The first-order valence-corrected chi connectivity index (χ1v) is 3.04. The van der Waals surface area contributed by atoms with E-state index in [0.29, 0.717) is 0 Å². The van der Waals surface area contributed by atoms with E-state index in [9.17, 15) is 13.2 Å². The first-order valence-electron chi connectivity index (χ1n) is 3.04. The molecule has 0 unspecified atom stereocenters. The Morgan fingerprint density at radius 3 is 2.67 bits per heavy atom. The van der Waals surface area contributed by atoms with Gasteiger partial charge in [-0.25, -0.2) is 4.39 Å². The molecule has 0 radical (unpaired) electrons. The number of aromatic nitrogens is 3. The van der Waals surface area contributed by atoms with E-state index < -0.39 is 17.8 Å². The van der Waals surface area contributed by atoms with Crippen LogP contribution in [0.25, 0.3) is 11.2 Å². The minimum atomic E-state index is -1.28. The minimum absolute atomic E-state index is 0.0337. The molecule has 0 aliphatic carbocycles. The first-order chi connectivity index (χ1) is 5.66. The van der Waals surface area contributed by atoms with Crippen LogP contribution in [-0.4, -0.2) is 15.0 Å². The Bertz CT molecular complexity index is 398. The highest BCUT2D eigenvalue weighted by Gasteiger charge is 2.09. The van der Waals surface area contributed by atoms with E-state index in [-0.39, 0.29) is 11.2 Å². The molecule has 0 fully saturated rings. The molecule has 0 saturated heterocycles. The lowest BCUT2D eigenvalue weighted by Crippen LogP contribution is -1.89. The van der Waals surface area contributed by atoms with Gasteiger partial charge in [-0.1, -0.05) is 0 Å². The topological polar surface area (TPSA) is 41.6 Å². The summed E-state index contributed by atoms with van der Waals surface area (Å²) in [6.45, 7) is 0. The van der Waals surface area contributed by atoms with Crippen molar-refractivity contribution in [2.24, 2.45) is 0 Å². The summed E-state index contributed by atoms with van der Waals surface area (Å²) in [7, 11) is 0. The number of hydrogen-bond acceptors (Lipinski definition) is 2. The largest absolute Gasteiger partial charge is 0.312 e. The lowest BCUT2D eigenvalue weighted by Gasteiger charge is -1.89. The van der Waals surface area contributed by atoms with Crippen LogP contribution >= 0.6 is 0 Å². The van der Waals surface area contributed by atoms with Crippen molar-refractivity contribution < 1.29 is 13.2 Å². The molecule has 0 aliphatic heterocycles. The van der Waals surface area contributed by atoms with E-state index in [1.807, 2.05) is 0 Å². The molecule has 0 atom stereocenters. The number of halogens is 3. The summed E-state index contributed by atoms with van der Waals surface area (Å²) in [5.41, 5.74) is -0.141. The summed E-state index contributed by atoms with van der Waals surface area (Å²) in [5.74, 6) is -2.42. The van der Waals surface area contributed by atoms with Gasteiger partial charge in [0.15, 0.2) is 11.5 Å². The predicted octanol–water partition coefficient (Wildman–Crippen LogP) is 1.38. The number of nitrogens with one attached hydrogen (secondary N) is 1. The van der Waals surface area contributed by atoms with E-state index in [0.717, 1.165) is 6.07 Å². The average Bonchev–Trinajstić information content (AvgIpc) is 2.30. The molecular weight excluding hydrogens is 171 g/mol. The van der Waals surface area contributed by atoms with Gasteiger partial charge in [0.25, 0.3) is 12.0 Å². The molecule has 2 aromatic rings. The van der Waals surface area contributed by atoms with Gasteiger partial charge in [-0.2, -0.15) is 18.7 Å². The fraction of sp³-hybridized carbons (Fsp3) is 0. The second-order valence-corrected chi connectivity index (χ2v) is 2.16. The van der Waals surface area contributed by atoms with Crippen LogP contribution in [0, 0.1) is 17.8 Å². The maximum Gasteiger partial charge on any atom is 0.289 e. The minimum Gasteiger partial charge on any atom is -0.312 e. The van der Waals surface area contributed by atoms with Crippen molar-refractivity contribution in [3.05, 3.63) is 23.9 Å². The van der Waals surface area contributed by atoms with E-state index >= 15 is 0 Å². The molecule has 2 aromatic heterocycles. The number of imidazole rings is 1. The van der Waals surface area contributed by atoms with Crippen LogP contribution < -0.4 is 0 Å². The van der Waals surface area contributed by atoms with Gasteiger partial charge < -0.3 is 4.98 Å². The van der Waals surface area contributed by atoms with Gasteiger partial charge >= 0.3 is 0 Å². The molecule has 0 amide bonds. The molecule has 1 N–H and O–H groups in total. The average molecular weight is 173 g/mol. The molecule has 6 heteroatoms. The highest BCUT2D eigenvalue weighted by Crippen LogP contribution is 2.11. The van der Waals surface area contributed by atoms with Crippen LogP contribution in [0.5, 0.6) is 0 Å². The van der Waals surface area contributed by atoms with Crippen molar-refractivity contribution in [1.29, 1.82) is 0 Å². The second-order valence-electron chi connectivity index (χ2n) is 2.16. The van der Waals surface area contributed by atoms with Crippen LogP contribution in [0.15, 0.2) is 6.07 Å². The van der Waals surface area contributed by atoms with Gasteiger partial charge in [-0.15, -0.1) is 0 Å². The molecule has 12 heavy (non-hydrogen) atoms. The Morgan fingerprint density at radius 2 is 1.92 bits per heavy atom. The van der Waals surface area contributed by atoms with Gasteiger partial charge in [-0.3, -0.25) is 0 Å². The van der Waals surface area contributed by atoms with E-state index in [1.165, 1.54) is 0 Å². The van der Waals surface area contributed by atoms with E-state index in [4.69, 9.17) is 0 Å². The predicted molar refractivity (Wildman–Crippen MR) is 33.8 cm³/mol. The number of aromatic amines is 1. The maximum absolute atomic E-state index is 12.5. The molecule has 0 spiro atoms. The Labute approximate surface area is 64.3 Å². The molecule has 2 rings (SSSR count). The third-order valence-corrected chi connectivity index (χ3v) is 1.35. The fourth-order valence-corrected chi connectivity index (χ4v) is 0.867. The van der Waals surface area contributed by atoms with Crippen molar-refractivity contribution in [3.8, 4) is 0 Å². The van der Waals surface area contributed by atoms with Gasteiger partial charge in [0, 0.05) is 6.07 Å². The molecular formula is C6H2F3N3. The zero-order chi connectivity index (χ0) is 8.72. The lowest BCUT2D eigenvalue weighted by molar-refractivity contribution is 0.483. The number of rotatable bonds is 0. The van der Waals surface area contributed by atoms with Crippen molar-refractivity contribution in [1.82, 2.24) is 15.0 Å². The summed E-state index contributed by atoms with van der Waals surface area (Å²) in [4.78, 5) is 8.33. The van der Waals surface area contributed by atoms with Crippen LogP contribution in [0.2, 0.25) is 0 Å². The zero-order valence-electron chi connectivity index (χ0n) is 5.61. The van der Waals surface area contributed by atoms with Gasteiger partial charge in [0.2, 0.25) is 0 Å². The lowest BCUT2D eigenvalue weighted by atomic mass is 10.4. The zero-order valence-corrected chi connectivity index (χ0v) is 5.61. The Balaban J connectivity index is 2.83. The van der Waals surface area contributed by atoms with Crippen molar-refractivity contribution in [2.75, 3.05) is 0 Å². The summed E-state index contributed by atoms with van der Waals surface area (Å²) in [6, 6.07) is 0.799. The molecule has 0 saturated carbocycles. The Kier molecular flexibility index (Phi) is 1.30. The monoisotopic (exact) mass is 173 g/mol. The van der Waals surface area contributed by atoms with Crippen LogP contribution in [0.1, 0.15) is 0 Å². The van der Waals surface area contributed by atoms with Crippen molar-refractivity contribution >= 4 is 11.2 Å². The SMILES string of the molecule is Fc1nc2nc(F)c(F)cc2[nH]1. The van der Waals surface area contributed by atoms with Crippen molar-refractivity contribution in [3.63, 3.8) is 0 Å². The summed E-state index contributed by atoms with van der Waals surface area (Å²) < 4.78 is 37.2. The number of hydrogen-bond donors (Lipinski definition) is 1.